The predicted molar refractivity (Wildman–Crippen MR) is 51.3 cm³/mol. The third-order valence-corrected chi connectivity index (χ3v) is 2.06. The minimum absolute atomic E-state index is 1.10. The molecule has 1 aromatic rings. The first-order valence-corrected chi connectivity index (χ1v) is 4.87. The smallest absolute Gasteiger partial charge is 0.104 e. The molecule has 0 aliphatic heterocycles. The second-order valence-electron chi connectivity index (χ2n) is 3.40. The third kappa shape index (κ3) is 3.12. The third-order valence-electron chi connectivity index (χ3n) is 2.06. The monoisotopic (exact) mass is 166 g/mol. The molecule has 0 N–H and O–H groups in total. The Hall–Kier alpha value is -0.720. The summed E-state index contributed by atoms with van der Waals surface area (Å²) >= 11 is 0. The highest BCUT2D eigenvalue weighted by atomic mass is 16.3. The van der Waals surface area contributed by atoms with E-state index in [1.165, 1.54) is 31.2 Å². The van der Waals surface area contributed by atoms with E-state index in [1.807, 2.05) is 6.26 Å². The van der Waals surface area contributed by atoms with E-state index in [4.69, 9.17) is 4.42 Å². The van der Waals surface area contributed by atoms with Gasteiger partial charge in [-0.1, -0.05) is 26.2 Å². The molecule has 1 rings (SSSR count). The van der Waals surface area contributed by atoms with Gasteiger partial charge in [0.25, 0.3) is 0 Å². The molecule has 0 atom stereocenters. The van der Waals surface area contributed by atoms with Crippen LogP contribution in [0.3, 0.4) is 0 Å². The molecule has 1 heteroatoms. The van der Waals surface area contributed by atoms with Crippen LogP contribution in [0.25, 0.3) is 0 Å². The molecule has 0 unspecified atom stereocenters. The van der Waals surface area contributed by atoms with E-state index in [1.54, 1.807) is 0 Å². The molecule has 1 nitrogen and oxygen atoms in total. The Bertz CT molecular complexity index is 213. The van der Waals surface area contributed by atoms with Crippen molar-refractivity contribution in [2.45, 2.75) is 46.0 Å². The fourth-order valence-electron chi connectivity index (χ4n) is 1.35. The van der Waals surface area contributed by atoms with Crippen LogP contribution in [-0.4, -0.2) is 0 Å². The lowest BCUT2D eigenvalue weighted by Crippen LogP contribution is -1.81. The van der Waals surface area contributed by atoms with Gasteiger partial charge in [-0.3, -0.25) is 0 Å². The molecule has 0 saturated heterocycles. The highest BCUT2D eigenvalue weighted by molar-refractivity contribution is 5.10. The van der Waals surface area contributed by atoms with Gasteiger partial charge in [-0.2, -0.15) is 0 Å². The molecule has 0 amide bonds. The van der Waals surface area contributed by atoms with Crippen LogP contribution in [0, 0.1) is 6.92 Å². The molecule has 1 heterocycles. The second kappa shape index (κ2) is 5.02. The molecule has 0 aliphatic carbocycles. The first kappa shape index (κ1) is 9.37. The average molecular weight is 166 g/mol. The van der Waals surface area contributed by atoms with Crippen molar-refractivity contribution in [3.8, 4) is 0 Å². The summed E-state index contributed by atoms with van der Waals surface area (Å²) in [6.07, 6.45) is 8.18. The van der Waals surface area contributed by atoms with Crippen molar-refractivity contribution in [3.05, 3.63) is 23.7 Å². The zero-order chi connectivity index (χ0) is 8.81. The normalized spacial score (nSPS) is 10.5. The lowest BCUT2D eigenvalue weighted by molar-refractivity contribution is 0.493. The number of rotatable bonds is 5. The fraction of sp³-hybridized carbons (Fsp3) is 0.636. The van der Waals surface area contributed by atoms with E-state index >= 15 is 0 Å². The summed E-state index contributed by atoms with van der Waals surface area (Å²) in [4.78, 5) is 0. The number of hydrogen-bond acceptors (Lipinski definition) is 1. The summed E-state index contributed by atoms with van der Waals surface area (Å²) < 4.78 is 5.34. The second-order valence-corrected chi connectivity index (χ2v) is 3.40. The van der Waals surface area contributed by atoms with E-state index in [0.29, 0.717) is 0 Å². The Balaban J connectivity index is 2.15. The summed E-state index contributed by atoms with van der Waals surface area (Å²) in [5.74, 6) is 1.14. The van der Waals surface area contributed by atoms with Gasteiger partial charge in [0, 0.05) is 6.42 Å². The standard InChI is InChI=1S/C11H18O/c1-3-4-5-6-7-11-8-10(2)9-12-11/h8-9H,3-7H2,1-2H3. The highest BCUT2D eigenvalue weighted by Crippen LogP contribution is 2.10. The maximum atomic E-state index is 5.34. The topological polar surface area (TPSA) is 13.1 Å². The Morgan fingerprint density at radius 2 is 2.08 bits per heavy atom. The van der Waals surface area contributed by atoms with Crippen LogP contribution < -0.4 is 0 Å². The van der Waals surface area contributed by atoms with Crippen LogP contribution in [0.1, 0.15) is 43.9 Å². The number of hydrogen-bond donors (Lipinski definition) is 0. The van der Waals surface area contributed by atoms with E-state index in [9.17, 15) is 0 Å². The van der Waals surface area contributed by atoms with Gasteiger partial charge in [-0.15, -0.1) is 0 Å². The van der Waals surface area contributed by atoms with Gasteiger partial charge >= 0.3 is 0 Å². The zero-order valence-electron chi connectivity index (χ0n) is 8.10. The lowest BCUT2D eigenvalue weighted by Gasteiger charge is -1.95. The summed E-state index contributed by atoms with van der Waals surface area (Å²) in [5.41, 5.74) is 1.24. The number of aryl methyl sites for hydroxylation is 2. The molecule has 0 fully saturated rings. The average Bonchev–Trinajstić information content (AvgIpc) is 2.45. The summed E-state index contributed by atoms with van der Waals surface area (Å²) in [7, 11) is 0. The molecule has 12 heavy (non-hydrogen) atoms. The molecule has 0 spiro atoms. The van der Waals surface area contributed by atoms with Gasteiger partial charge in [0.15, 0.2) is 0 Å². The molecule has 0 aromatic carbocycles. The lowest BCUT2D eigenvalue weighted by atomic mass is 10.1. The Morgan fingerprint density at radius 1 is 1.25 bits per heavy atom. The van der Waals surface area contributed by atoms with E-state index in [2.05, 4.69) is 19.9 Å². The van der Waals surface area contributed by atoms with Gasteiger partial charge in [-0.25, -0.2) is 0 Å². The molecule has 1 aromatic heterocycles. The van der Waals surface area contributed by atoms with Crippen molar-refractivity contribution >= 4 is 0 Å². The molecule has 68 valence electrons. The summed E-state index contributed by atoms with van der Waals surface area (Å²) in [6.45, 7) is 4.30. The molecule has 0 saturated carbocycles. The van der Waals surface area contributed by atoms with Crippen molar-refractivity contribution < 1.29 is 4.42 Å². The van der Waals surface area contributed by atoms with E-state index < -0.39 is 0 Å². The highest BCUT2D eigenvalue weighted by Gasteiger charge is 1.97. The van der Waals surface area contributed by atoms with Crippen molar-refractivity contribution in [2.75, 3.05) is 0 Å². The van der Waals surface area contributed by atoms with Crippen LogP contribution in [0.15, 0.2) is 16.7 Å². The van der Waals surface area contributed by atoms with Gasteiger partial charge in [0.2, 0.25) is 0 Å². The fourth-order valence-corrected chi connectivity index (χ4v) is 1.35. The maximum absolute atomic E-state index is 5.34. The zero-order valence-corrected chi connectivity index (χ0v) is 8.10. The quantitative estimate of drug-likeness (QED) is 0.608. The van der Waals surface area contributed by atoms with Crippen LogP contribution >= 0.6 is 0 Å². The predicted octanol–water partition coefficient (Wildman–Crippen LogP) is 3.71. The number of unbranched alkanes of at least 4 members (excludes halogenated alkanes) is 3. The first-order valence-electron chi connectivity index (χ1n) is 4.87. The maximum Gasteiger partial charge on any atom is 0.104 e. The van der Waals surface area contributed by atoms with E-state index in [0.717, 1.165) is 12.2 Å². The van der Waals surface area contributed by atoms with Crippen LogP contribution in [0.5, 0.6) is 0 Å². The summed E-state index contributed by atoms with van der Waals surface area (Å²) in [5, 5.41) is 0. The molecular weight excluding hydrogens is 148 g/mol. The van der Waals surface area contributed by atoms with E-state index in [-0.39, 0.29) is 0 Å². The van der Waals surface area contributed by atoms with Crippen molar-refractivity contribution in [1.29, 1.82) is 0 Å². The molecule has 0 bridgehead atoms. The Morgan fingerprint density at radius 3 is 2.67 bits per heavy atom. The molecule has 0 radical (unpaired) electrons. The van der Waals surface area contributed by atoms with Gasteiger partial charge in [0.05, 0.1) is 6.26 Å². The summed E-state index contributed by atoms with van der Waals surface area (Å²) in [6, 6.07) is 2.13. The van der Waals surface area contributed by atoms with Gasteiger partial charge in [-0.05, 0) is 25.0 Å². The van der Waals surface area contributed by atoms with Crippen LogP contribution in [0.2, 0.25) is 0 Å². The van der Waals surface area contributed by atoms with Gasteiger partial charge < -0.3 is 4.42 Å². The van der Waals surface area contributed by atoms with Crippen molar-refractivity contribution in [1.82, 2.24) is 0 Å². The first-order chi connectivity index (χ1) is 5.83. The molecule has 0 aliphatic rings. The van der Waals surface area contributed by atoms with Crippen molar-refractivity contribution in [3.63, 3.8) is 0 Å². The van der Waals surface area contributed by atoms with Crippen molar-refractivity contribution in [2.24, 2.45) is 0 Å². The minimum atomic E-state index is 1.10. The molecular formula is C11H18O. The van der Waals surface area contributed by atoms with Crippen LogP contribution in [-0.2, 0) is 6.42 Å². The Kier molecular flexibility index (Phi) is 3.92. The number of furan rings is 1. The SMILES string of the molecule is CCCCCCc1cc(C)co1. The Labute approximate surface area is 74.8 Å². The van der Waals surface area contributed by atoms with Crippen LogP contribution in [0.4, 0.5) is 0 Å². The largest absolute Gasteiger partial charge is 0.469 e. The minimum Gasteiger partial charge on any atom is -0.469 e. The van der Waals surface area contributed by atoms with Gasteiger partial charge in [0.1, 0.15) is 5.76 Å².